The zero-order valence-electron chi connectivity index (χ0n) is 12.2. The van der Waals surface area contributed by atoms with E-state index in [0.29, 0.717) is 12.4 Å². The van der Waals surface area contributed by atoms with Gasteiger partial charge in [-0.25, -0.2) is 4.79 Å². The molecule has 0 N–H and O–H groups in total. The summed E-state index contributed by atoms with van der Waals surface area (Å²) in [5.41, 5.74) is 0. The van der Waals surface area contributed by atoms with Gasteiger partial charge in [-0.3, -0.25) is 4.90 Å². The van der Waals surface area contributed by atoms with Gasteiger partial charge >= 0.3 is 5.97 Å². The average Bonchev–Trinajstić information content (AvgIpc) is 2.82. The van der Waals surface area contributed by atoms with Crippen molar-refractivity contribution in [1.29, 1.82) is 0 Å². The molecule has 0 aromatic carbocycles. The molecule has 1 saturated heterocycles. The fourth-order valence-corrected chi connectivity index (χ4v) is 2.27. The summed E-state index contributed by atoms with van der Waals surface area (Å²) < 4.78 is 12.1. The monoisotopic (exact) mass is 282 g/mol. The van der Waals surface area contributed by atoms with E-state index >= 15 is 0 Å². The highest BCUT2D eigenvalue weighted by Gasteiger charge is 2.18. The third-order valence-corrected chi connectivity index (χ3v) is 3.35. The van der Waals surface area contributed by atoms with Crippen molar-refractivity contribution in [2.45, 2.75) is 26.8 Å². The first-order valence-corrected chi connectivity index (χ1v) is 7.09. The molecule has 0 amide bonds. The maximum atomic E-state index is 11.8. The number of ether oxygens (including phenoxy) is 2. The Hall–Kier alpha value is -1.47. The third-order valence-electron chi connectivity index (χ3n) is 3.35. The molecule has 0 saturated carbocycles. The van der Waals surface area contributed by atoms with Crippen LogP contribution in [0.1, 0.15) is 29.8 Å². The highest BCUT2D eigenvalue weighted by molar-refractivity contribution is 5.85. The number of rotatable bonds is 6. The molecule has 1 aliphatic rings. The van der Waals surface area contributed by atoms with Crippen molar-refractivity contribution in [1.82, 2.24) is 19.7 Å². The lowest BCUT2D eigenvalue weighted by atomic mass is 10.3. The van der Waals surface area contributed by atoms with E-state index in [1.165, 1.54) is 0 Å². The number of esters is 1. The largest absolute Gasteiger partial charge is 0.460 e. The van der Waals surface area contributed by atoms with E-state index in [1.807, 2.05) is 11.5 Å². The molecular weight excluding hydrogens is 260 g/mol. The molecule has 7 nitrogen and oxygen atoms in total. The smallest absolute Gasteiger partial charge is 0.376 e. The zero-order chi connectivity index (χ0) is 14.4. The number of hydrogen-bond donors (Lipinski definition) is 0. The van der Waals surface area contributed by atoms with Crippen LogP contribution in [0.3, 0.4) is 0 Å². The minimum absolute atomic E-state index is 0.298. The second kappa shape index (κ2) is 7.35. The molecule has 1 aromatic rings. The highest BCUT2D eigenvalue weighted by Crippen LogP contribution is 2.06. The van der Waals surface area contributed by atoms with Crippen LogP contribution in [0.2, 0.25) is 0 Å². The van der Waals surface area contributed by atoms with Crippen molar-refractivity contribution >= 4 is 5.97 Å². The van der Waals surface area contributed by atoms with Crippen LogP contribution in [-0.2, 0) is 16.0 Å². The second-order valence-electron chi connectivity index (χ2n) is 4.75. The van der Waals surface area contributed by atoms with Gasteiger partial charge in [-0.15, -0.1) is 10.2 Å². The number of carbonyl (C=O) groups is 1. The Morgan fingerprint density at radius 3 is 2.75 bits per heavy atom. The van der Waals surface area contributed by atoms with E-state index in [2.05, 4.69) is 15.1 Å². The molecule has 0 bridgehead atoms. The Balaban J connectivity index is 1.88. The molecule has 0 spiro atoms. The van der Waals surface area contributed by atoms with E-state index in [9.17, 15) is 4.79 Å². The molecule has 112 valence electrons. The van der Waals surface area contributed by atoms with Crippen LogP contribution in [0.5, 0.6) is 0 Å². The maximum absolute atomic E-state index is 11.8. The van der Waals surface area contributed by atoms with Gasteiger partial charge in [0, 0.05) is 26.2 Å². The molecule has 1 aliphatic heterocycles. The molecule has 2 rings (SSSR count). The Labute approximate surface area is 118 Å². The minimum Gasteiger partial charge on any atom is -0.460 e. The SMILES string of the molecule is CCOC(=O)c1nnc(C)n1CCCN1CCOCC1. The molecule has 0 unspecified atom stereocenters. The predicted molar refractivity (Wildman–Crippen MR) is 72.6 cm³/mol. The first kappa shape index (κ1) is 14.9. The predicted octanol–water partition coefficient (Wildman–Crippen LogP) is 0.486. The van der Waals surface area contributed by atoms with E-state index in [-0.39, 0.29) is 0 Å². The average molecular weight is 282 g/mol. The second-order valence-corrected chi connectivity index (χ2v) is 4.75. The van der Waals surface area contributed by atoms with Crippen LogP contribution < -0.4 is 0 Å². The highest BCUT2D eigenvalue weighted by atomic mass is 16.5. The van der Waals surface area contributed by atoms with E-state index < -0.39 is 5.97 Å². The Morgan fingerprint density at radius 1 is 1.30 bits per heavy atom. The molecule has 1 fully saturated rings. The normalized spacial score (nSPS) is 16.3. The zero-order valence-corrected chi connectivity index (χ0v) is 12.2. The number of aromatic nitrogens is 3. The van der Waals surface area contributed by atoms with Crippen LogP contribution in [0.4, 0.5) is 0 Å². The summed E-state index contributed by atoms with van der Waals surface area (Å²) in [6.07, 6.45) is 0.950. The van der Waals surface area contributed by atoms with Crippen molar-refractivity contribution in [3.63, 3.8) is 0 Å². The molecule has 1 aromatic heterocycles. The molecule has 0 radical (unpaired) electrons. The third kappa shape index (κ3) is 3.77. The standard InChI is InChI=1S/C13H22N4O3/c1-3-20-13(18)12-15-14-11(2)17(12)6-4-5-16-7-9-19-10-8-16/h3-10H2,1-2H3. The van der Waals surface area contributed by atoms with Gasteiger partial charge in [-0.05, 0) is 20.3 Å². The van der Waals surface area contributed by atoms with Gasteiger partial charge < -0.3 is 14.0 Å². The van der Waals surface area contributed by atoms with Crippen LogP contribution in [0.15, 0.2) is 0 Å². The number of nitrogens with zero attached hydrogens (tertiary/aromatic N) is 4. The summed E-state index contributed by atoms with van der Waals surface area (Å²) in [7, 11) is 0. The molecule has 0 aliphatic carbocycles. The molecule has 2 heterocycles. The van der Waals surface area contributed by atoms with Crippen molar-refractivity contribution in [3.05, 3.63) is 11.6 Å². The summed E-state index contributed by atoms with van der Waals surface area (Å²) in [6.45, 7) is 9.26. The minimum atomic E-state index is -0.403. The number of carbonyl (C=O) groups excluding carboxylic acids is 1. The summed E-state index contributed by atoms with van der Waals surface area (Å²) >= 11 is 0. The summed E-state index contributed by atoms with van der Waals surface area (Å²) in [5.74, 6) is 0.640. The fourth-order valence-electron chi connectivity index (χ4n) is 2.27. The lowest BCUT2D eigenvalue weighted by molar-refractivity contribution is 0.0368. The topological polar surface area (TPSA) is 69.5 Å². The van der Waals surface area contributed by atoms with Crippen LogP contribution in [0, 0.1) is 6.92 Å². The molecule has 20 heavy (non-hydrogen) atoms. The van der Waals surface area contributed by atoms with Gasteiger partial charge in [0.05, 0.1) is 19.8 Å². The lowest BCUT2D eigenvalue weighted by Crippen LogP contribution is -2.37. The van der Waals surface area contributed by atoms with Crippen molar-refractivity contribution in [2.24, 2.45) is 0 Å². The Bertz CT molecular complexity index is 441. The van der Waals surface area contributed by atoms with E-state index in [1.54, 1.807) is 6.92 Å². The van der Waals surface area contributed by atoms with Gasteiger partial charge in [0.1, 0.15) is 5.82 Å². The Kier molecular flexibility index (Phi) is 5.49. The summed E-state index contributed by atoms with van der Waals surface area (Å²) in [5, 5.41) is 7.87. The van der Waals surface area contributed by atoms with Crippen molar-refractivity contribution in [3.8, 4) is 0 Å². The van der Waals surface area contributed by atoms with Crippen molar-refractivity contribution < 1.29 is 14.3 Å². The summed E-state index contributed by atoms with van der Waals surface area (Å²) in [6, 6.07) is 0. The van der Waals surface area contributed by atoms with Gasteiger partial charge in [0.15, 0.2) is 0 Å². The van der Waals surface area contributed by atoms with E-state index in [0.717, 1.165) is 51.6 Å². The first-order valence-electron chi connectivity index (χ1n) is 7.09. The lowest BCUT2D eigenvalue weighted by Gasteiger charge is -2.26. The molecule has 0 atom stereocenters. The van der Waals surface area contributed by atoms with Crippen LogP contribution in [0.25, 0.3) is 0 Å². The molecule has 7 heteroatoms. The van der Waals surface area contributed by atoms with Gasteiger partial charge in [-0.2, -0.15) is 0 Å². The quantitative estimate of drug-likeness (QED) is 0.707. The number of aryl methyl sites for hydroxylation is 1. The van der Waals surface area contributed by atoms with Gasteiger partial charge in [-0.1, -0.05) is 0 Å². The summed E-state index contributed by atoms with van der Waals surface area (Å²) in [4.78, 5) is 14.1. The first-order chi connectivity index (χ1) is 9.72. The van der Waals surface area contributed by atoms with E-state index in [4.69, 9.17) is 9.47 Å². The maximum Gasteiger partial charge on any atom is 0.376 e. The number of morpholine rings is 1. The fraction of sp³-hybridized carbons (Fsp3) is 0.769. The van der Waals surface area contributed by atoms with Crippen LogP contribution in [-0.4, -0.2) is 65.1 Å². The molecular formula is C13H22N4O3. The van der Waals surface area contributed by atoms with Gasteiger partial charge in [0.25, 0.3) is 0 Å². The van der Waals surface area contributed by atoms with Crippen LogP contribution >= 0.6 is 0 Å². The number of hydrogen-bond acceptors (Lipinski definition) is 6. The van der Waals surface area contributed by atoms with Crippen molar-refractivity contribution in [2.75, 3.05) is 39.5 Å². The Morgan fingerprint density at radius 2 is 2.05 bits per heavy atom. The van der Waals surface area contributed by atoms with Gasteiger partial charge in [0.2, 0.25) is 5.82 Å².